The zero-order chi connectivity index (χ0) is 10.3. The van der Waals surface area contributed by atoms with Crippen LogP contribution in [0.25, 0.3) is 0 Å². The fourth-order valence-electron chi connectivity index (χ4n) is 0.937. The van der Waals surface area contributed by atoms with Gasteiger partial charge in [0, 0.05) is 13.7 Å². The third-order valence-electron chi connectivity index (χ3n) is 2.23. The SMILES string of the molecule is COC(C)C(C)(C#N)NCCCO. The lowest BCUT2D eigenvalue weighted by Gasteiger charge is -2.28. The van der Waals surface area contributed by atoms with Gasteiger partial charge in [-0.25, -0.2) is 0 Å². The average molecular weight is 186 g/mol. The zero-order valence-electron chi connectivity index (χ0n) is 8.50. The van der Waals surface area contributed by atoms with E-state index in [0.717, 1.165) is 0 Å². The molecule has 2 atom stereocenters. The number of hydrogen-bond donors (Lipinski definition) is 2. The Morgan fingerprint density at radius 1 is 1.69 bits per heavy atom. The molecule has 0 aromatic heterocycles. The summed E-state index contributed by atoms with van der Waals surface area (Å²) >= 11 is 0. The largest absolute Gasteiger partial charge is 0.396 e. The Labute approximate surface area is 79.5 Å². The fraction of sp³-hybridized carbons (Fsp3) is 0.889. The fourth-order valence-corrected chi connectivity index (χ4v) is 0.937. The predicted octanol–water partition coefficient (Wildman–Crippen LogP) is 0.276. The molecule has 0 rings (SSSR count). The number of nitriles is 1. The van der Waals surface area contributed by atoms with Crippen LogP contribution in [0.1, 0.15) is 20.3 Å². The Balaban J connectivity index is 4.06. The Bertz CT molecular complexity index is 179. The van der Waals surface area contributed by atoms with Crippen molar-refractivity contribution in [3.8, 4) is 6.07 Å². The van der Waals surface area contributed by atoms with E-state index in [1.807, 2.05) is 6.92 Å². The molecule has 4 nitrogen and oxygen atoms in total. The Morgan fingerprint density at radius 3 is 2.69 bits per heavy atom. The van der Waals surface area contributed by atoms with E-state index in [0.29, 0.717) is 13.0 Å². The molecule has 0 aromatic rings. The minimum atomic E-state index is -0.677. The van der Waals surface area contributed by atoms with E-state index in [1.165, 1.54) is 0 Å². The van der Waals surface area contributed by atoms with Crippen LogP contribution in [0.4, 0.5) is 0 Å². The summed E-state index contributed by atoms with van der Waals surface area (Å²) in [5, 5.41) is 20.6. The molecule has 0 amide bonds. The van der Waals surface area contributed by atoms with Crippen molar-refractivity contribution >= 4 is 0 Å². The normalized spacial score (nSPS) is 17.5. The monoisotopic (exact) mass is 186 g/mol. The molecule has 13 heavy (non-hydrogen) atoms. The molecular formula is C9H18N2O2. The van der Waals surface area contributed by atoms with Crippen LogP contribution in [0.3, 0.4) is 0 Å². The Morgan fingerprint density at radius 2 is 2.31 bits per heavy atom. The lowest BCUT2D eigenvalue weighted by Crippen LogP contribution is -2.50. The minimum absolute atomic E-state index is 0.135. The van der Waals surface area contributed by atoms with Gasteiger partial charge in [-0.15, -0.1) is 0 Å². The molecular weight excluding hydrogens is 168 g/mol. The summed E-state index contributed by atoms with van der Waals surface area (Å²) < 4.78 is 5.09. The van der Waals surface area contributed by atoms with Crippen LogP contribution < -0.4 is 5.32 Å². The molecule has 0 spiro atoms. The van der Waals surface area contributed by atoms with Crippen LogP contribution >= 0.6 is 0 Å². The lowest BCUT2D eigenvalue weighted by atomic mass is 9.97. The van der Waals surface area contributed by atoms with Crippen molar-refractivity contribution < 1.29 is 9.84 Å². The second-order valence-electron chi connectivity index (χ2n) is 3.20. The molecule has 0 saturated carbocycles. The average Bonchev–Trinajstić information content (AvgIpc) is 2.16. The number of rotatable bonds is 6. The molecule has 0 heterocycles. The van der Waals surface area contributed by atoms with Gasteiger partial charge in [-0.2, -0.15) is 5.26 Å². The molecule has 0 aliphatic rings. The van der Waals surface area contributed by atoms with Crippen molar-refractivity contribution in [1.82, 2.24) is 5.32 Å². The Hall–Kier alpha value is -0.630. The number of nitrogens with zero attached hydrogens (tertiary/aromatic N) is 1. The van der Waals surface area contributed by atoms with Crippen molar-refractivity contribution in [2.75, 3.05) is 20.3 Å². The topological polar surface area (TPSA) is 65.3 Å². The van der Waals surface area contributed by atoms with Gasteiger partial charge in [-0.3, -0.25) is 5.32 Å². The number of ether oxygens (including phenoxy) is 1. The summed E-state index contributed by atoms with van der Waals surface area (Å²) in [4.78, 5) is 0. The van der Waals surface area contributed by atoms with E-state index in [2.05, 4.69) is 11.4 Å². The van der Waals surface area contributed by atoms with Gasteiger partial charge in [-0.1, -0.05) is 0 Å². The molecule has 0 aromatic carbocycles. The van der Waals surface area contributed by atoms with E-state index in [4.69, 9.17) is 15.1 Å². The molecule has 0 bridgehead atoms. The van der Waals surface area contributed by atoms with Gasteiger partial charge < -0.3 is 9.84 Å². The summed E-state index contributed by atoms with van der Waals surface area (Å²) in [6, 6.07) is 2.17. The number of nitrogens with one attached hydrogen (secondary N) is 1. The molecule has 0 fully saturated rings. The van der Waals surface area contributed by atoms with Crippen LogP contribution in [0.5, 0.6) is 0 Å². The molecule has 4 heteroatoms. The molecule has 76 valence electrons. The molecule has 0 radical (unpaired) electrons. The van der Waals surface area contributed by atoms with E-state index >= 15 is 0 Å². The molecule has 0 aliphatic heterocycles. The first-order chi connectivity index (χ1) is 6.10. The second kappa shape index (κ2) is 5.92. The first-order valence-electron chi connectivity index (χ1n) is 4.40. The highest BCUT2D eigenvalue weighted by atomic mass is 16.5. The summed E-state index contributed by atoms with van der Waals surface area (Å²) in [7, 11) is 1.58. The van der Waals surface area contributed by atoms with Crippen molar-refractivity contribution in [3.63, 3.8) is 0 Å². The highest BCUT2D eigenvalue weighted by molar-refractivity contribution is 5.07. The molecule has 2 unspecified atom stereocenters. The van der Waals surface area contributed by atoms with Gasteiger partial charge in [0.05, 0.1) is 12.2 Å². The summed E-state index contributed by atoms with van der Waals surface area (Å²) in [5.41, 5.74) is -0.677. The van der Waals surface area contributed by atoms with E-state index < -0.39 is 5.54 Å². The number of aliphatic hydroxyl groups excluding tert-OH is 1. The highest BCUT2D eigenvalue weighted by Gasteiger charge is 2.30. The number of hydrogen-bond acceptors (Lipinski definition) is 4. The first kappa shape index (κ1) is 12.4. The lowest BCUT2D eigenvalue weighted by molar-refractivity contribution is 0.0619. The summed E-state index contributed by atoms with van der Waals surface area (Å²) in [6.45, 7) is 4.39. The number of methoxy groups -OCH3 is 1. The maximum Gasteiger partial charge on any atom is 0.130 e. The first-order valence-corrected chi connectivity index (χ1v) is 4.40. The zero-order valence-corrected chi connectivity index (χ0v) is 8.50. The van der Waals surface area contributed by atoms with Crippen LogP contribution in [0.15, 0.2) is 0 Å². The standard InChI is InChI=1S/C9H18N2O2/c1-8(13-3)9(2,7-10)11-5-4-6-12/h8,11-12H,4-6H2,1-3H3. The Kier molecular flexibility index (Phi) is 5.63. The van der Waals surface area contributed by atoms with Gasteiger partial charge in [0.25, 0.3) is 0 Å². The molecule has 0 aliphatic carbocycles. The van der Waals surface area contributed by atoms with E-state index in [1.54, 1.807) is 14.0 Å². The quantitative estimate of drug-likeness (QED) is 0.585. The molecule has 2 N–H and O–H groups in total. The molecule has 0 saturated heterocycles. The predicted molar refractivity (Wildman–Crippen MR) is 50.2 cm³/mol. The maximum absolute atomic E-state index is 8.93. The van der Waals surface area contributed by atoms with Crippen molar-refractivity contribution in [3.05, 3.63) is 0 Å². The smallest absolute Gasteiger partial charge is 0.130 e. The van der Waals surface area contributed by atoms with Gasteiger partial charge in [0.1, 0.15) is 5.54 Å². The van der Waals surface area contributed by atoms with Crippen molar-refractivity contribution in [1.29, 1.82) is 5.26 Å². The maximum atomic E-state index is 8.93. The van der Waals surface area contributed by atoms with E-state index in [9.17, 15) is 0 Å². The highest BCUT2D eigenvalue weighted by Crippen LogP contribution is 2.11. The van der Waals surface area contributed by atoms with Crippen LogP contribution in [0.2, 0.25) is 0 Å². The van der Waals surface area contributed by atoms with Crippen molar-refractivity contribution in [2.45, 2.75) is 31.9 Å². The number of aliphatic hydroxyl groups is 1. The summed E-state index contributed by atoms with van der Waals surface area (Å²) in [6.07, 6.45) is 0.476. The van der Waals surface area contributed by atoms with Crippen molar-refractivity contribution in [2.24, 2.45) is 0 Å². The summed E-state index contributed by atoms with van der Waals surface area (Å²) in [5.74, 6) is 0. The van der Waals surface area contributed by atoms with Gasteiger partial charge >= 0.3 is 0 Å². The third kappa shape index (κ3) is 3.73. The van der Waals surface area contributed by atoms with Crippen LogP contribution in [-0.2, 0) is 4.74 Å². The third-order valence-corrected chi connectivity index (χ3v) is 2.23. The van der Waals surface area contributed by atoms with E-state index in [-0.39, 0.29) is 12.7 Å². The second-order valence-corrected chi connectivity index (χ2v) is 3.20. The van der Waals surface area contributed by atoms with Gasteiger partial charge in [-0.05, 0) is 26.8 Å². The van der Waals surface area contributed by atoms with Gasteiger partial charge in [0.2, 0.25) is 0 Å². The van der Waals surface area contributed by atoms with Crippen LogP contribution in [-0.4, -0.2) is 37.0 Å². The van der Waals surface area contributed by atoms with Gasteiger partial charge in [0.15, 0.2) is 0 Å². The van der Waals surface area contributed by atoms with Crippen LogP contribution in [0, 0.1) is 11.3 Å². The minimum Gasteiger partial charge on any atom is -0.396 e.